The Kier molecular flexibility index (Phi) is 4.45. The summed E-state index contributed by atoms with van der Waals surface area (Å²) in [6.07, 6.45) is 13.2. The summed E-state index contributed by atoms with van der Waals surface area (Å²) in [5.41, 5.74) is 6.29. The van der Waals surface area contributed by atoms with Crippen LogP contribution in [0.25, 0.3) is 0 Å². The van der Waals surface area contributed by atoms with Crippen LogP contribution in [0.2, 0.25) is 0 Å². The highest BCUT2D eigenvalue weighted by molar-refractivity contribution is 4.96. The Morgan fingerprint density at radius 2 is 1.89 bits per heavy atom. The van der Waals surface area contributed by atoms with Gasteiger partial charge in [-0.3, -0.25) is 4.90 Å². The molecular formula is C16H30N2O. The first-order valence-electron chi connectivity index (χ1n) is 8.43. The molecule has 1 aliphatic carbocycles. The highest BCUT2D eigenvalue weighted by Gasteiger charge is 2.42. The van der Waals surface area contributed by atoms with E-state index in [1.807, 2.05) is 0 Å². The summed E-state index contributed by atoms with van der Waals surface area (Å²) < 4.78 is 6.19. The maximum Gasteiger partial charge on any atom is 0.0697 e. The molecule has 0 aromatic carbocycles. The molecule has 2 saturated heterocycles. The minimum absolute atomic E-state index is 0.244. The van der Waals surface area contributed by atoms with E-state index in [-0.39, 0.29) is 5.60 Å². The summed E-state index contributed by atoms with van der Waals surface area (Å²) in [4.78, 5) is 2.76. The molecule has 1 spiro atoms. The standard InChI is InChI=1S/C16H30N2O/c17-13-15-6-2-1-5-10-18(15)14-7-11-19-16(12-14)8-3-4-9-16/h14-15H,1-13,17H2. The Bertz CT molecular complexity index is 288. The molecule has 3 aliphatic rings. The van der Waals surface area contributed by atoms with Crippen molar-refractivity contribution in [2.45, 2.75) is 81.9 Å². The smallest absolute Gasteiger partial charge is 0.0697 e. The van der Waals surface area contributed by atoms with Crippen LogP contribution in [0.4, 0.5) is 0 Å². The monoisotopic (exact) mass is 266 g/mol. The third kappa shape index (κ3) is 2.98. The molecule has 3 rings (SSSR count). The van der Waals surface area contributed by atoms with Gasteiger partial charge in [-0.05, 0) is 45.1 Å². The fraction of sp³-hybridized carbons (Fsp3) is 1.00. The molecule has 3 heteroatoms. The van der Waals surface area contributed by atoms with Crippen LogP contribution in [-0.2, 0) is 4.74 Å². The number of rotatable bonds is 2. The molecule has 110 valence electrons. The second kappa shape index (κ2) is 6.11. The van der Waals surface area contributed by atoms with Crippen molar-refractivity contribution in [3.8, 4) is 0 Å². The fourth-order valence-corrected chi connectivity index (χ4v) is 4.59. The third-order valence-corrected chi connectivity index (χ3v) is 5.65. The second-order valence-electron chi connectivity index (χ2n) is 6.86. The third-order valence-electron chi connectivity index (χ3n) is 5.65. The van der Waals surface area contributed by atoms with E-state index in [4.69, 9.17) is 10.5 Å². The van der Waals surface area contributed by atoms with Crippen molar-refractivity contribution in [1.29, 1.82) is 0 Å². The molecule has 2 heterocycles. The maximum atomic E-state index is 6.19. The number of nitrogens with zero attached hydrogens (tertiary/aromatic N) is 1. The van der Waals surface area contributed by atoms with Crippen LogP contribution in [0.3, 0.4) is 0 Å². The summed E-state index contributed by atoms with van der Waals surface area (Å²) in [6, 6.07) is 1.36. The molecule has 2 unspecified atom stereocenters. The SMILES string of the molecule is NCC1CCCCCN1C1CCOC2(CCCC2)C1. The Labute approximate surface area is 117 Å². The Balaban J connectivity index is 1.68. The largest absolute Gasteiger partial charge is 0.375 e. The van der Waals surface area contributed by atoms with Crippen LogP contribution >= 0.6 is 0 Å². The van der Waals surface area contributed by atoms with Crippen LogP contribution in [0.1, 0.15) is 64.2 Å². The van der Waals surface area contributed by atoms with Gasteiger partial charge in [0.1, 0.15) is 0 Å². The van der Waals surface area contributed by atoms with Crippen molar-refractivity contribution >= 4 is 0 Å². The molecule has 2 N–H and O–H groups in total. The highest BCUT2D eigenvalue weighted by atomic mass is 16.5. The van der Waals surface area contributed by atoms with Crippen molar-refractivity contribution in [3.63, 3.8) is 0 Å². The van der Waals surface area contributed by atoms with Gasteiger partial charge in [-0.25, -0.2) is 0 Å². The highest BCUT2D eigenvalue weighted by Crippen LogP contribution is 2.41. The number of hydrogen-bond acceptors (Lipinski definition) is 3. The maximum absolute atomic E-state index is 6.19. The van der Waals surface area contributed by atoms with E-state index >= 15 is 0 Å². The van der Waals surface area contributed by atoms with Crippen molar-refractivity contribution in [3.05, 3.63) is 0 Å². The number of nitrogens with two attached hydrogens (primary N) is 1. The van der Waals surface area contributed by atoms with Gasteiger partial charge in [-0.1, -0.05) is 25.7 Å². The van der Waals surface area contributed by atoms with E-state index in [2.05, 4.69) is 4.90 Å². The average molecular weight is 266 g/mol. The van der Waals surface area contributed by atoms with Crippen LogP contribution in [0.15, 0.2) is 0 Å². The lowest BCUT2D eigenvalue weighted by Crippen LogP contribution is -2.52. The first-order valence-corrected chi connectivity index (χ1v) is 8.43. The zero-order valence-corrected chi connectivity index (χ0v) is 12.3. The van der Waals surface area contributed by atoms with Gasteiger partial charge >= 0.3 is 0 Å². The van der Waals surface area contributed by atoms with Gasteiger partial charge in [-0.2, -0.15) is 0 Å². The van der Waals surface area contributed by atoms with Gasteiger partial charge in [0.05, 0.1) is 5.60 Å². The molecule has 0 aromatic rings. The van der Waals surface area contributed by atoms with Crippen LogP contribution in [-0.4, -0.2) is 42.3 Å². The van der Waals surface area contributed by atoms with Crippen molar-refractivity contribution in [2.24, 2.45) is 5.73 Å². The Morgan fingerprint density at radius 1 is 1.05 bits per heavy atom. The Hall–Kier alpha value is -0.120. The minimum atomic E-state index is 0.244. The van der Waals surface area contributed by atoms with Crippen LogP contribution < -0.4 is 5.73 Å². The van der Waals surface area contributed by atoms with E-state index < -0.39 is 0 Å². The summed E-state index contributed by atoms with van der Waals surface area (Å²) >= 11 is 0. The lowest BCUT2D eigenvalue weighted by molar-refractivity contribution is -0.106. The molecular weight excluding hydrogens is 236 g/mol. The summed E-state index contributed by atoms with van der Waals surface area (Å²) in [5.74, 6) is 0. The average Bonchev–Trinajstić information content (AvgIpc) is 2.75. The van der Waals surface area contributed by atoms with Crippen LogP contribution in [0, 0.1) is 0 Å². The molecule has 0 aromatic heterocycles. The van der Waals surface area contributed by atoms with E-state index in [0.29, 0.717) is 6.04 Å². The first kappa shape index (κ1) is 13.8. The normalized spacial score (nSPS) is 36.5. The summed E-state index contributed by atoms with van der Waals surface area (Å²) in [7, 11) is 0. The Morgan fingerprint density at radius 3 is 2.68 bits per heavy atom. The molecule has 1 saturated carbocycles. The lowest BCUT2D eigenvalue weighted by atomic mass is 9.87. The molecule has 2 aliphatic heterocycles. The topological polar surface area (TPSA) is 38.5 Å². The van der Waals surface area contributed by atoms with Crippen molar-refractivity contribution in [1.82, 2.24) is 4.90 Å². The van der Waals surface area contributed by atoms with Gasteiger partial charge in [0, 0.05) is 25.2 Å². The predicted octanol–water partition coefficient (Wildman–Crippen LogP) is 2.68. The van der Waals surface area contributed by atoms with Crippen molar-refractivity contribution in [2.75, 3.05) is 19.7 Å². The minimum Gasteiger partial charge on any atom is -0.375 e. The molecule has 0 bridgehead atoms. The van der Waals surface area contributed by atoms with E-state index in [1.165, 1.54) is 70.8 Å². The van der Waals surface area contributed by atoms with Gasteiger partial charge in [-0.15, -0.1) is 0 Å². The molecule has 19 heavy (non-hydrogen) atoms. The summed E-state index contributed by atoms with van der Waals surface area (Å²) in [6.45, 7) is 3.07. The lowest BCUT2D eigenvalue weighted by Gasteiger charge is -2.45. The predicted molar refractivity (Wildman–Crippen MR) is 78.2 cm³/mol. The molecule has 0 radical (unpaired) electrons. The molecule has 3 fully saturated rings. The van der Waals surface area contributed by atoms with E-state index in [1.54, 1.807) is 0 Å². The van der Waals surface area contributed by atoms with E-state index in [9.17, 15) is 0 Å². The number of hydrogen-bond donors (Lipinski definition) is 1. The van der Waals surface area contributed by atoms with Gasteiger partial charge in [0.15, 0.2) is 0 Å². The number of ether oxygens (including phenoxy) is 1. The van der Waals surface area contributed by atoms with Crippen LogP contribution in [0.5, 0.6) is 0 Å². The first-order chi connectivity index (χ1) is 9.33. The van der Waals surface area contributed by atoms with Gasteiger partial charge in [0.25, 0.3) is 0 Å². The summed E-state index contributed by atoms with van der Waals surface area (Å²) in [5, 5.41) is 0. The number of likely N-dealkylation sites (tertiary alicyclic amines) is 1. The quantitative estimate of drug-likeness (QED) is 0.835. The fourth-order valence-electron chi connectivity index (χ4n) is 4.59. The molecule has 0 amide bonds. The van der Waals surface area contributed by atoms with Crippen molar-refractivity contribution < 1.29 is 4.74 Å². The zero-order valence-electron chi connectivity index (χ0n) is 12.3. The molecule has 3 nitrogen and oxygen atoms in total. The molecule has 2 atom stereocenters. The van der Waals surface area contributed by atoms with E-state index in [0.717, 1.165) is 19.2 Å². The van der Waals surface area contributed by atoms with Gasteiger partial charge < -0.3 is 10.5 Å². The van der Waals surface area contributed by atoms with Gasteiger partial charge in [0.2, 0.25) is 0 Å². The second-order valence-corrected chi connectivity index (χ2v) is 6.86. The zero-order chi connectivity index (χ0) is 13.1.